The zero-order valence-corrected chi connectivity index (χ0v) is 13.3. The van der Waals surface area contributed by atoms with Crippen molar-refractivity contribution < 1.29 is 9.90 Å². The van der Waals surface area contributed by atoms with Gasteiger partial charge in [0.15, 0.2) is 0 Å². The molecular formula is C15H19N3O2S. The Morgan fingerprint density at radius 2 is 2.00 bits per heavy atom. The Balaban J connectivity index is 2.20. The van der Waals surface area contributed by atoms with Gasteiger partial charge in [-0.25, -0.2) is 14.8 Å². The number of aromatic nitrogens is 2. The van der Waals surface area contributed by atoms with Crippen molar-refractivity contribution in [3.8, 4) is 0 Å². The Labute approximate surface area is 127 Å². The van der Waals surface area contributed by atoms with Crippen LogP contribution in [0.3, 0.4) is 0 Å². The molecule has 0 bridgehead atoms. The van der Waals surface area contributed by atoms with Crippen LogP contribution in [-0.4, -0.2) is 33.1 Å². The van der Waals surface area contributed by atoms with Crippen LogP contribution in [0.4, 0.5) is 5.82 Å². The van der Waals surface area contributed by atoms with E-state index in [2.05, 4.69) is 28.7 Å². The molecule has 1 N–H and O–H groups in total. The maximum atomic E-state index is 11.4. The first-order valence-corrected chi connectivity index (χ1v) is 8.08. The standard InChI is InChI=1S/C15H19N3O2S/c1-8-5-4-6-9(2)18(8)13-11-10(3)12(15(19)20)21-14(11)17-7-16-13/h7-9H,4-6H2,1-3H3,(H,19,20)/t8-,9+. The van der Waals surface area contributed by atoms with Gasteiger partial charge in [-0.15, -0.1) is 11.3 Å². The van der Waals surface area contributed by atoms with E-state index in [1.54, 1.807) is 6.33 Å². The number of carbonyl (C=O) groups is 1. The van der Waals surface area contributed by atoms with Crippen LogP contribution in [0.15, 0.2) is 6.33 Å². The summed E-state index contributed by atoms with van der Waals surface area (Å²) in [4.78, 5) is 23.6. The van der Waals surface area contributed by atoms with Gasteiger partial charge >= 0.3 is 5.97 Å². The van der Waals surface area contributed by atoms with Crippen LogP contribution < -0.4 is 4.90 Å². The molecule has 1 saturated heterocycles. The summed E-state index contributed by atoms with van der Waals surface area (Å²) in [6.07, 6.45) is 5.07. The zero-order chi connectivity index (χ0) is 15.1. The van der Waals surface area contributed by atoms with Crippen molar-refractivity contribution in [1.29, 1.82) is 0 Å². The Kier molecular flexibility index (Phi) is 3.57. The molecule has 0 radical (unpaired) electrons. The molecule has 0 spiro atoms. The molecule has 112 valence electrons. The second-order valence-corrected chi connectivity index (χ2v) is 6.77. The maximum Gasteiger partial charge on any atom is 0.346 e. The van der Waals surface area contributed by atoms with Crippen LogP contribution in [0.25, 0.3) is 10.2 Å². The van der Waals surface area contributed by atoms with Crippen LogP contribution >= 0.6 is 11.3 Å². The molecule has 2 aromatic rings. The van der Waals surface area contributed by atoms with E-state index in [1.165, 1.54) is 17.8 Å². The van der Waals surface area contributed by atoms with E-state index in [4.69, 9.17) is 0 Å². The number of nitrogens with zero attached hydrogens (tertiary/aromatic N) is 3. The van der Waals surface area contributed by atoms with Gasteiger partial charge in [0.25, 0.3) is 0 Å². The van der Waals surface area contributed by atoms with Gasteiger partial charge in [-0.05, 0) is 45.6 Å². The molecule has 0 saturated carbocycles. The number of hydrogen-bond donors (Lipinski definition) is 1. The number of aryl methyl sites for hydroxylation is 1. The lowest BCUT2D eigenvalue weighted by molar-refractivity contribution is 0.0701. The minimum atomic E-state index is -0.888. The third-order valence-corrected chi connectivity index (χ3v) is 5.53. The van der Waals surface area contributed by atoms with Gasteiger partial charge in [0.05, 0.1) is 5.39 Å². The number of thiophene rings is 1. The average molecular weight is 305 g/mol. The summed E-state index contributed by atoms with van der Waals surface area (Å²) in [7, 11) is 0. The molecule has 0 aliphatic carbocycles. The summed E-state index contributed by atoms with van der Waals surface area (Å²) >= 11 is 1.24. The number of fused-ring (bicyclic) bond motifs is 1. The van der Waals surface area contributed by atoms with Gasteiger partial charge in [0.1, 0.15) is 21.9 Å². The highest BCUT2D eigenvalue weighted by molar-refractivity contribution is 7.20. The second kappa shape index (κ2) is 5.26. The Bertz CT molecular complexity index is 688. The Morgan fingerprint density at radius 1 is 1.33 bits per heavy atom. The highest BCUT2D eigenvalue weighted by Gasteiger charge is 2.29. The highest BCUT2D eigenvalue weighted by atomic mass is 32.1. The molecule has 3 rings (SSSR count). The monoisotopic (exact) mass is 305 g/mol. The lowest BCUT2D eigenvalue weighted by Crippen LogP contribution is -2.44. The van der Waals surface area contributed by atoms with E-state index >= 15 is 0 Å². The van der Waals surface area contributed by atoms with Crippen LogP contribution in [0.2, 0.25) is 0 Å². The van der Waals surface area contributed by atoms with E-state index in [0.717, 1.165) is 34.4 Å². The van der Waals surface area contributed by atoms with Gasteiger partial charge in [-0.3, -0.25) is 0 Å². The summed E-state index contributed by atoms with van der Waals surface area (Å²) < 4.78 is 0. The summed E-state index contributed by atoms with van der Waals surface area (Å²) in [5, 5.41) is 10.2. The molecule has 2 aromatic heterocycles. The van der Waals surface area contributed by atoms with E-state index in [1.807, 2.05) is 6.92 Å². The number of carboxylic acids is 1. The van der Waals surface area contributed by atoms with E-state index in [9.17, 15) is 9.90 Å². The lowest BCUT2D eigenvalue weighted by Gasteiger charge is -2.40. The quantitative estimate of drug-likeness (QED) is 0.920. The minimum absolute atomic E-state index is 0.365. The molecule has 0 unspecified atom stereocenters. The third-order valence-electron chi connectivity index (χ3n) is 4.34. The number of anilines is 1. The Morgan fingerprint density at radius 3 is 2.62 bits per heavy atom. The molecule has 6 heteroatoms. The van der Waals surface area contributed by atoms with Gasteiger partial charge < -0.3 is 10.0 Å². The fraction of sp³-hybridized carbons (Fsp3) is 0.533. The van der Waals surface area contributed by atoms with Crippen molar-refractivity contribution in [2.45, 2.75) is 52.1 Å². The Hall–Kier alpha value is -1.69. The molecular weight excluding hydrogens is 286 g/mol. The molecule has 0 amide bonds. The summed E-state index contributed by atoms with van der Waals surface area (Å²) in [5.74, 6) is 0.00198. The summed E-state index contributed by atoms with van der Waals surface area (Å²) in [5.41, 5.74) is 0.781. The van der Waals surface area contributed by atoms with Crippen molar-refractivity contribution in [3.05, 3.63) is 16.8 Å². The molecule has 2 atom stereocenters. The first-order valence-electron chi connectivity index (χ1n) is 7.26. The van der Waals surface area contributed by atoms with Crippen LogP contribution in [0.1, 0.15) is 48.3 Å². The SMILES string of the molecule is Cc1c(C(=O)O)sc2ncnc(N3[C@H](C)CCC[C@@H]3C)c12. The van der Waals surface area contributed by atoms with Crippen LogP contribution in [0, 0.1) is 6.92 Å². The van der Waals surface area contributed by atoms with Gasteiger partial charge in [-0.1, -0.05) is 0 Å². The second-order valence-electron chi connectivity index (χ2n) is 5.77. The van der Waals surface area contributed by atoms with Gasteiger partial charge in [0, 0.05) is 12.1 Å². The van der Waals surface area contributed by atoms with Crippen molar-refractivity contribution in [1.82, 2.24) is 9.97 Å². The minimum Gasteiger partial charge on any atom is -0.477 e. The van der Waals surface area contributed by atoms with Gasteiger partial charge in [0.2, 0.25) is 0 Å². The predicted octanol–water partition coefficient (Wildman–Crippen LogP) is 3.47. The molecule has 0 aromatic carbocycles. The van der Waals surface area contributed by atoms with Crippen molar-refractivity contribution in [3.63, 3.8) is 0 Å². The largest absolute Gasteiger partial charge is 0.477 e. The number of aromatic carboxylic acids is 1. The zero-order valence-electron chi connectivity index (χ0n) is 12.5. The molecule has 1 fully saturated rings. The fourth-order valence-corrected chi connectivity index (χ4v) is 4.27. The molecule has 21 heavy (non-hydrogen) atoms. The van der Waals surface area contributed by atoms with Gasteiger partial charge in [-0.2, -0.15) is 0 Å². The summed E-state index contributed by atoms with van der Waals surface area (Å²) in [6.45, 7) is 6.28. The molecule has 1 aliphatic heterocycles. The topological polar surface area (TPSA) is 66.3 Å². The number of rotatable bonds is 2. The fourth-order valence-electron chi connectivity index (χ4n) is 3.29. The first kappa shape index (κ1) is 14.3. The van der Waals surface area contributed by atoms with E-state index in [-0.39, 0.29) is 0 Å². The number of piperidine rings is 1. The van der Waals surface area contributed by atoms with Crippen molar-refractivity contribution >= 4 is 33.3 Å². The molecule has 5 nitrogen and oxygen atoms in total. The first-order chi connectivity index (χ1) is 10.0. The smallest absolute Gasteiger partial charge is 0.346 e. The lowest BCUT2D eigenvalue weighted by atomic mass is 9.97. The molecule has 3 heterocycles. The normalized spacial score (nSPS) is 22.7. The highest BCUT2D eigenvalue weighted by Crippen LogP contribution is 2.38. The van der Waals surface area contributed by atoms with Crippen LogP contribution in [-0.2, 0) is 0 Å². The van der Waals surface area contributed by atoms with Crippen molar-refractivity contribution in [2.24, 2.45) is 0 Å². The van der Waals surface area contributed by atoms with Crippen molar-refractivity contribution in [2.75, 3.05) is 4.90 Å². The third kappa shape index (κ3) is 2.27. The van der Waals surface area contributed by atoms with Crippen LogP contribution in [0.5, 0.6) is 0 Å². The van der Waals surface area contributed by atoms with E-state index in [0.29, 0.717) is 17.0 Å². The number of carboxylic acid groups (broad SMARTS) is 1. The van der Waals surface area contributed by atoms with E-state index < -0.39 is 5.97 Å². The molecule has 1 aliphatic rings. The average Bonchev–Trinajstić information content (AvgIpc) is 2.77. The summed E-state index contributed by atoms with van der Waals surface area (Å²) in [6, 6.07) is 0.832. The maximum absolute atomic E-state index is 11.4. The number of hydrogen-bond acceptors (Lipinski definition) is 5. The predicted molar refractivity (Wildman–Crippen MR) is 84.4 cm³/mol.